The highest BCUT2D eigenvalue weighted by atomic mass is 16.4. The molecule has 3 N–H and O–H groups in total. The maximum atomic E-state index is 11.8. The number of nitriles is 1. The Balaban J connectivity index is 2.72. The molecule has 0 bridgehead atoms. The molecule has 1 unspecified atom stereocenters. The summed E-state index contributed by atoms with van der Waals surface area (Å²) in [4.78, 5) is 33.1. The summed E-state index contributed by atoms with van der Waals surface area (Å²) in [6.07, 6.45) is -0.558. The fourth-order valence-corrected chi connectivity index (χ4v) is 1.46. The summed E-state index contributed by atoms with van der Waals surface area (Å²) in [6.45, 7) is 0. The standard InChI is InChI=1S/C13H12N2O5/c14-7-8-1-3-9(4-2-8)12(18)15-10(13(19)20)5-6-11(16)17/h1-4,10H,5-6H2,(H,15,18)(H,16,17)(H,19,20). The lowest BCUT2D eigenvalue weighted by Crippen LogP contribution is -2.41. The first-order chi connectivity index (χ1) is 9.43. The van der Waals surface area contributed by atoms with Gasteiger partial charge < -0.3 is 15.5 Å². The van der Waals surface area contributed by atoms with Crippen molar-refractivity contribution in [2.75, 3.05) is 0 Å². The molecule has 0 saturated carbocycles. The van der Waals surface area contributed by atoms with Gasteiger partial charge in [-0.25, -0.2) is 4.79 Å². The third-order valence-corrected chi connectivity index (χ3v) is 2.53. The van der Waals surface area contributed by atoms with Crippen LogP contribution in [0.2, 0.25) is 0 Å². The van der Waals surface area contributed by atoms with E-state index in [1.165, 1.54) is 24.3 Å². The van der Waals surface area contributed by atoms with Crippen molar-refractivity contribution < 1.29 is 24.6 Å². The highest BCUT2D eigenvalue weighted by Crippen LogP contribution is 2.05. The van der Waals surface area contributed by atoms with Gasteiger partial charge in [-0.05, 0) is 30.7 Å². The second-order valence-corrected chi connectivity index (χ2v) is 3.99. The van der Waals surface area contributed by atoms with Gasteiger partial charge in [0.15, 0.2) is 0 Å². The molecule has 7 nitrogen and oxygen atoms in total. The van der Waals surface area contributed by atoms with Crippen LogP contribution in [0.4, 0.5) is 0 Å². The zero-order valence-electron chi connectivity index (χ0n) is 10.4. The van der Waals surface area contributed by atoms with E-state index in [0.717, 1.165) is 0 Å². The van der Waals surface area contributed by atoms with Crippen molar-refractivity contribution in [3.05, 3.63) is 35.4 Å². The van der Waals surface area contributed by atoms with Gasteiger partial charge in [0.2, 0.25) is 0 Å². The first kappa shape index (κ1) is 15.2. The molecule has 0 aromatic heterocycles. The summed E-state index contributed by atoms with van der Waals surface area (Å²) in [5.41, 5.74) is 0.577. The molecule has 104 valence electrons. The quantitative estimate of drug-likeness (QED) is 0.698. The van der Waals surface area contributed by atoms with Crippen LogP contribution in [-0.4, -0.2) is 34.1 Å². The second-order valence-electron chi connectivity index (χ2n) is 3.99. The molecule has 0 heterocycles. The summed E-state index contributed by atoms with van der Waals surface area (Å²) >= 11 is 0. The van der Waals surface area contributed by atoms with Crippen LogP contribution in [-0.2, 0) is 9.59 Å². The maximum Gasteiger partial charge on any atom is 0.326 e. The summed E-state index contributed by atoms with van der Waals surface area (Å²) in [6, 6.07) is 6.28. The number of hydrogen-bond acceptors (Lipinski definition) is 4. The van der Waals surface area contributed by atoms with Gasteiger partial charge in [0, 0.05) is 12.0 Å². The van der Waals surface area contributed by atoms with Gasteiger partial charge in [0.25, 0.3) is 5.91 Å². The Morgan fingerprint density at radius 1 is 1.20 bits per heavy atom. The van der Waals surface area contributed by atoms with Crippen molar-refractivity contribution in [3.8, 4) is 6.07 Å². The van der Waals surface area contributed by atoms with Crippen LogP contribution in [0.5, 0.6) is 0 Å². The summed E-state index contributed by atoms with van der Waals surface area (Å²) in [5.74, 6) is -3.07. The minimum Gasteiger partial charge on any atom is -0.481 e. The number of carboxylic acids is 2. The van der Waals surface area contributed by atoms with Crippen molar-refractivity contribution in [2.45, 2.75) is 18.9 Å². The van der Waals surface area contributed by atoms with Crippen molar-refractivity contribution in [1.29, 1.82) is 5.26 Å². The van der Waals surface area contributed by atoms with Gasteiger partial charge in [0.1, 0.15) is 6.04 Å². The average molecular weight is 276 g/mol. The molecule has 1 aromatic rings. The minimum absolute atomic E-state index is 0.200. The summed E-state index contributed by atoms with van der Waals surface area (Å²) in [7, 11) is 0. The SMILES string of the molecule is N#Cc1ccc(C(=O)NC(CCC(=O)O)C(=O)O)cc1. The van der Waals surface area contributed by atoms with E-state index in [1.54, 1.807) is 0 Å². The third kappa shape index (κ3) is 4.42. The molecule has 0 aliphatic rings. The molecule has 0 fully saturated rings. The first-order valence-corrected chi connectivity index (χ1v) is 5.69. The predicted molar refractivity (Wildman–Crippen MR) is 66.9 cm³/mol. The zero-order valence-corrected chi connectivity index (χ0v) is 10.4. The number of hydrogen-bond donors (Lipinski definition) is 3. The van der Waals surface area contributed by atoms with Crippen LogP contribution < -0.4 is 5.32 Å². The number of carbonyl (C=O) groups excluding carboxylic acids is 1. The summed E-state index contributed by atoms with van der Waals surface area (Å²) < 4.78 is 0. The van der Waals surface area contributed by atoms with E-state index in [-0.39, 0.29) is 18.4 Å². The number of aliphatic carboxylic acids is 2. The second kappa shape index (κ2) is 6.89. The Labute approximate surface area is 114 Å². The Kier molecular flexibility index (Phi) is 5.23. The predicted octanol–water partition coefficient (Wildman–Crippen LogP) is 0.606. The smallest absolute Gasteiger partial charge is 0.326 e. The molecular formula is C13H12N2O5. The summed E-state index contributed by atoms with van der Waals surface area (Å²) in [5, 5.41) is 28.3. The van der Waals surface area contributed by atoms with Crippen molar-refractivity contribution in [3.63, 3.8) is 0 Å². The molecule has 0 aliphatic heterocycles. The number of nitrogens with one attached hydrogen (secondary N) is 1. The Morgan fingerprint density at radius 3 is 2.25 bits per heavy atom. The Hall–Kier alpha value is -2.88. The monoisotopic (exact) mass is 276 g/mol. The number of carbonyl (C=O) groups is 3. The normalized spacial score (nSPS) is 11.2. The number of rotatable bonds is 6. The van der Waals surface area contributed by atoms with Crippen LogP contribution in [0.15, 0.2) is 24.3 Å². The van der Waals surface area contributed by atoms with Gasteiger partial charge in [0.05, 0.1) is 11.6 Å². The van der Waals surface area contributed by atoms with Gasteiger partial charge >= 0.3 is 11.9 Å². The van der Waals surface area contributed by atoms with E-state index in [4.69, 9.17) is 15.5 Å². The van der Waals surface area contributed by atoms with Crippen LogP contribution >= 0.6 is 0 Å². The van der Waals surface area contributed by atoms with E-state index in [1.807, 2.05) is 6.07 Å². The lowest BCUT2D eigenvalue weighted by Gasteiger charge is -2.13. The lowest BCUT2D eigenvalue weighted by atomic mass is 10.1. The Bertz CT molecular complexity index is 559. The fraction of sp³-hybridized carbons (Fsp3) is 0.231. The Morgan fingerprint density at radius 2 is 1.80 bits per heavy atom. The van der Waals surface area contributed by atoms with Crippen LogP contribution in [0.3, 0.4) is 0 Å². The van der Waals surface area contributed by atoms with E-state index in [0.29, 0.717) is 5.56 Å². The number of carboxylic acid groups (broad SMARTS) is 2. The van der Waals surface area contributed by atoms with E-state index >= 15 is 0 Å². The highest BCUT2D eigenvalue weighted by Gasteiger charge is 2.21. The molecule has 7 heteroatoms. The molecule has 0 saturated heterocycles. The fourth-order valence-electron chi connectivity index (χ4n) is 1.46. The topological polar surface area (TPSA) is 127 Å². The number of nitrogens with zero attached hydrogens (tertiary/aromatic N) is 1. The van der Waals surface area contributed by atoms with Crippen LogP contribution in [0, 0.1) is 11.3 Å². The highest BCUT2D eigenvalue weighted by molar-refractivity contribution is 5.96. The van der Waals surface area contributed by atoms with E-state index < -0.39 is 23.9 Å². The molecular weight excluding hydrogens is 264 g/mol. The molecule has 1 amide bonds. The minimum atomic E-state index is -1.30. The molecule has 0 aliphatic carbocycles. The molecule has 1 aromatic carbocycles. The van der Waals surface area contributed by atoms with Gasteiger partial charge in [-0.2, -0.15) is 5.26 Å². The lowest BCUT2D eigenvalue weighted by molar-refractivity contribution is -0.140. The van der Waals surface area contributed by atoms with Crippen molar-refractivity contribution in [1.82, 2.24) is 5.32 Å². The first-order valence-electron chi connectivity index (χ1n) is 5.69. The van der Waals surface area contributed by atoms with Gasteiger partial charge in [-0.1, -0.05) is 0 Å². The number of benzene rings is 1. The van der Waals surface area contributed by atoms with E-state index in [2.05, 4.69) is 5.32 Å². The number of amides is 1. The van der Waals surface area contributed by atoms with Crippen LogP contribution in [0.1, 0.15) is 28.8 Å². The maximum absolute atomic E-state index is 11.8. The molecule has 20 heavy (non-hydrogen) atoms. The van der Waals surface area contributed by atoms with Gasteiger partial charge in [-0.15, -0.1) is 0 Å². The average Bonchev–Trinajstić information content (AvgIpc) is 2.42. The van der Waals surface area contributed by atoms with Gasteiger partial charge in [-0.3, -0.25) is 9.59 Å². The molecule has 0 radical (unpaired) electrons. The zero-order chi connectivity index (χ0) is 15.1. The largest absolute Gasteiger partial charge is 0.481 e. The molecule has 1 atom stereocenters. The van der Waals surface area contributed by atoms with Crippen LogP contribution in [0.25, 0.3) is 0 Å². The van der Waals surface area contributed by atoms with Crippen molar-refractivity contribution >= 4 is 17.8 Å². The van der Waals surface area contributed by atoms with Crippen molar-refractivity contribution in [2.24, 2.45) is 0 Å². The van der Waals surface area contributed by atoms with E-state index in [9.17, 15) is 14.4 Å². The molecule has 0 spiro atoms. The third-order valence-electron chi connectivity index (χ3n) is 2.53. The molecule has 1 rings (SSSR count).